The molecular formula is C22H22N2O3S. The zero-order valence-corrected chi connectivity index (χ0v) is 16.4. The first-order valence-corrected chi connectivity index (χ1v) is 10.4. The maximum atomic E-state index is 12.5. The fourth-order valence-corrected chi connectivity index (χ4v) is 3.65. The lowest BCUT2D eigenvalue weighted by molar-refractivity contribution is 0.0951. The summed E-state index contributed by atoms with van der Waals surface area (Å²) in [6, 6.07) is 23.1. The van der Waals surface area contributed by atoms with E-state index in [1.165, 1.54) is 24.3 Å². The van der Waals surface area contributed by atoms with Crippen LogP contribution in [0.15, 0.2) is 83.8 Å². The molecule has 144 valence electrons. The van der Waals surface area contributed by atoms with Crippen molar-refractivity contribution in [3.05, 3.63) is 101 Å². The molecule has 0 saturated heterocycles. The Morgan fingerprint density at radius 3 is 2.04 bits per heavy atom. The zero-order valence-electron chi connectivity index (χ0n) is 15.6. The Labute approximate surface area is 165 Å². The number of nitrogens with one attached hydrogen (secondary N) is 2. The van der Waals surface area contributed by atoms with Gasteiger partial charge in [0.05, 0.1) is 4.90 Å². The van der Waals surface area contributed by atoms with Crippen LogP contribution in [0, 0.1) is 6.92 Å². The zero-order chi connectivity index (χ0) is 20.0. The molecule has 5 nitrogen and oxygen atoms in total. The van der Waals surface area contributed by atoms with E-state index in [4.69, 9.17) is 0 Å². The highest BCUT2D eigenvalue weighted by Crippen LogP contribution is 2.12. The molecule has 2 N–H and O–H groups in total. The van der Waals surface area contributed by atoms with E-state index < -0.39 is 10.0 Å². The molecular weight excluding hydrogens is 372 g/mol. The Morgan fingerprint density at radius 2 is 1.39 bits per heavy atom. The molecule has 6 heteroatoms. The lowest BCUT2D eigenvalue weighted by atomic mass is 10.2. The molecule has 3 aromatic carbocycles. The standard InChI is InChI=1S/C22H22N2O3S/c1-17-7-9-19(10-8-17)16-24-28(26,27)21-13-11-20(12-14-21)22(25)23-15-18-5-3-2-4-6-18/h2-14,24H,15-16H2,1H3,(H,23,25). The van der Waals surface area contributed by atoms with Crippen LogP contribution >= 0.6 is 0 Å². The molecule has 0 fully saturated rings. The van der Waals surface area contributed by atoms with Gasteiger partial charge in [0, 0.05) is 18.7 Å². The van der Waals surface area contributed by atoms with E-state index in [9.17, 15) is 13.2 Å². The van der Waals surface area contributed by atoms with E-state index in [2.05, 4.69) is 10.0 Å². The molecule has 0 spiro atoms. The fraction of sp³-hybridized carbons (Fsp3) is 0.136. The molecule has 1 amide bonds. The van der Waals surface area contributed by atoms with Crippen molar-refractivity contribution in [2.75, 3.05) is 0 Å². The summed E-state index contributed by atoms with van der Waals surface area (Å²) in [5.41, 5.74) is 3.41. The van der Waals surface area contributed by atoms with Gasteiger partial charge in [-0.1, -0.05) is 60.2 Å². The fourth-order valence-electron chi connectivity index (χ4n) is 2.63. The molecule has 0 heterocycles. The van der Waals surface area contributed by atoms with E-state index in [1.807, 2.05) is 61.5 Å². The Balaban J connectivity index is 1.60. The summed E-state index contributed by atoms with van der Waals surface area (Å²) in [5, 5.41) is 2.82. The number of hydrogen-bond acceptors (Lipinski definition) is 3. The Hall–Kier alpha value is -2.96. The maximum Gasteiger partial charge on any atom is 0.251 e. The number of benzene rings is 3. The summed E-state index contributed by atoms with van der Waals surface area (Å²) in [4.78, 5) is 12.4. The van der Waals surface area contributed by atoms with E-state index in [-0.39, 0.29) is 17.3 Å². The topological polar surface area (TPSA) is 75.3 Å². The molecule has 28 heavy (non-hydrogen) atoms. The van der Waals surface area contributed by atoms with Crippen molar-refractivity contribution in [1.82, 2.24) is 10.0 Å². The van der Waals surface area contributed by atoms with E-state index in [1.54, 1.807) is 0 Å². The lowest BCUT2D eigenvalue weighted by Crippen LogP contribution is -2.24. The first kappa shape index (κ1) is 19.8. The average molecular weight is 394 g/mol. The number of sulfonamides is 1. The highest BCUT2D eigenvalue weighted by molar-refractivity contribution is 7.89. The minimum atomic E-state index is -3.65. The lowest BCUT2D eigenvalue weighted by Gasteiger charge is -2.09. The van der Waals surface area contributed by atoms with Gasteiger partial charge < -0.3 is 5.32 Å². The predicted octanol–water partition coefficient (Wildman–Crippen LogP) is 3.40. The number of amides is 1. The Kier molecular flexibility index (Phi) is 6.23. The van der Waals surface area contributed by atoms with Crippen LogP contribution in [0.1, 0.15) is 27.0 Å². The molecule has 0 bridgehead atoms. The molecule has 0 saturated carbocycles. The van der Waals surface area contributed by atoms with Crippen molar-refractivity contribution in [2.24, 2.45) is 0 Å². The van der Waals surface area contributed by atoms with Gasteiger partial charge in [0.15, 0.2) is 0 Å². The molecule has 0 unspecified atom stereocenters. The summed E-state index contributed by atoms with van der Waals surface area (Å²) < 4.78 is 27.5. The van der Waals surface area contributed by atoms with Crippen LogP contribution in [0.5, 0.6) is 0 Å². The molecule has 0 atom stereocenters. The largest absolute Gasteiger partial charge is 0.348 e. The van der Waals surface area contributed by atoms with Gasteiger partial charge in [0.25, 0.3) is 5.91 Å². The van der Waals surface area contributed by atoms with Crippen LogP contribution in [-0.4, -0.2) is 14.3 Å². The molecule has 3 aromatic rings. The Bertz CT molecular complexity index is 1030. The first-order chi connectivity index (χ1) is 13.4. The van der Waals surface area contributed by atoms with Gasteiger partial charge in [-0.05, 0) is 42.3 Å². The second-order valence-corrected chi connectivity index (χ2v) is 8.27. The maximum absolute atomic E-state index is 12.5. The summed E-state index contributed by atoms with van der Waals surface area (Å²) in [6.07, 6.45) is 0. The normalized spacial score (nSPS) is 11.2. The van der Waals surface area contributed by atoms with Gasteiger partial charge in [-0.2, -0.15) is 0 Å². The van der Waals surface area contributed by atoms with Crippen LogP contribution in [0.2, 0.25) is 0 Å². The second kappa shape index (κ2) is 8.82. The predicted molar refractivity (Wildman–Crippen MR) is 109 cm³/mol. The highest BCUT2D eigenvalue weighted by Gasteiger charge is 2.15. The monoisotopic (exact) mass is 394 g/mol. The molecule has 0 radical (unpaired) electrons. The summed E-state index contributed by atoms with van der Waals surface area (Å²) >= 11 is 0. The Morgan fingerprint density at radius 1 is 0.786 bits per heavy atom. The number of carbonyl (C=O) groups excluding carboxylic acids is 1. The van der Waals surface area contributed by atoms with Gasteiger partial charge in [0.1, 0.15) is 0 Å². The molecule has 0 aliphatic carbocycles. The van der Waals surface area contributed by atoms with Gasteiger partial charge in [-0.3, -0.25) is 4.79 Å². The van der Waals surface area contributed by atoms with Crippen molar-refractivity contribution >= 4 is 15.9 Å². The first-order valence-electron chi connectivity index (χ1n) is 8.91. The van der Waals surface area contributed by atoms with E-state index in [0.717, 1.165) is 16.7 Å². The third kappa shape index (κ3) is 5.28. The third-order valence-corrected chi connectivity index (χ3v) is 5.73. The molecule has 0 aliphatic heterocycles. The minimum Gasteiger partial charge on any atom is -0.348 e. The summed E-state index contributed by atoms with van der Waals surface area (Å²) in [6.45, 7) is 2.60. The number of aryl methyl sites for hydroxylation is 1. The van der Waals surface area contributed by atoms with Crippen LogP contribution in [0.4, 0.5) is 0 Å². The minimum absolute atomic E-state index is 0.124. The van der Waals surface area contributed by atoms with Crippen molar-refractivity contribution in [3.63, 3.8) is 0 Å². The molecule has 0 aromatic heterocycles. The van der Waals surface area contributed by atoms with Crippen LogP contribution in [0.3, 0.4) is 0 Å². The van der Waals surface area contributed by atoms with Crippen molar-refractivity contribution in [2.45, 2.75) is 24.9 Å². The SMILES string of the molecule is Cc1ccc(CNS(=O)(=O)c2ccc(C(=O)NCc3ccccc3)cc2)cc1. The van der Waals surface area contributed by atoms with Crippen LogP contribution < -0.4 is 10.0 Å². The summed E-state index contributed by atoms with van der Waals surface area (Å²) in [7, 11) is -3.65. The van der Waals surface area contributed by atoms with Gasteiger partial charge in [0.2, 0.25) is 10.0 Å². The van der Waals surface area contributed by atoms with Crippen LogP contribution in [-0.2, 0) is 23.1 Å². The smallest absolute Gasteiger partial charge is 0.251 e. The average Bonchev–Trinajstić information content (AvgIpc) is 2.72. The van der Waals surface area contributed by atoms with E-state index in [0.29, 0.717) is 12.1 Å². The van der Waals surface area contributed by atoms with E-state index >= 15 is 0 Å². The second-order valence-electron chi connectivity index (χ2n) is 6.50. The summed E-state index contributed by atoms with van der Waals surface area (Å²) in [5.74, 6) is -0.250. The number of hydrogen-bond donors (Lipinski definition) is 2. The quantitative estimate of drug-likeness (QED) is 0.645. The third-order valence-electron chi connectivity index (χ3n) is 4.31. The molecule has 3 rings (SSSR count). The van der Waals surface area contributed by atoms with Gasteiger partial charge in [-0.25, -0.2) is 13.1 Å². The van der Waals surface area contributed by atoms with Crippen molar-refractivity contribution in [1.29, 1.82) is 0 Å². The van der Waals surface area contributed by atoms with Gasteiger partial charge in [-0.15, -0.1) is 0 Å². The van der Waals surface area contributed by atoms with Crippen LogP contribution in [0.25, 0.3) is 0 Å². The van der Waals surface area contributed by atoms with Gasteiger partial charge >= 0.3 is 0 Å². The highest BCUT2D eigenvalue weighted by atomic mass is 32.2. The molecule has 0 aliphatic rings. The van der Waals surface area contributed by atoms with Crippen molar-refractivity contribution in [3.8, 4) is 0 Å². The number of rotatable bonds is 7. The van der Waals surface area contributed by atoms with Crippen molar-refractivity contribution < 1.29 is 13.2 Å². The number of carbonyl (C=O) groups is 1.